The minimum atomic E-state index is -0.0927. The standard InChI is InChI=1S/C18H24N2O2/c1-3-17-9-19-11-18(4-2,16(17)22)12-20(10-17)15(19)13-5-7-14(21)8-6-13/h5-8,15,21H,3-4,9-12H2,1-2H3/p+2. The summed E-state index contributed by atoms with van der Waals surface area (Å²) < 4.78 is 0. The van der Waals surface area contributed by atoms with Gasteiger partial charge in [-0.05, 0) is 37.1 Å². The number of rotatable bonds is 3. The molecule has 1 aromatic carbocycles. The number of nitrogens with one attached hydrogen (secondary N) is 2. The first-order valence-electron chi connectivity index (χ1n) is 8.56. The van der Waals surface area contributed by atoms with Crippen LogP contribution in [0.15, 0.2) is 24.3 Å². The van der Waals surface area contributed by atoms with Crippen molar-refractivity contribution in [1.82, 2.24) is 0 Å². The summed E-state index contributed by atoms with van der Waals surface area (Å²) in [6.45, 7) is 8.31. The van der Waals surface area contributed by atoms with Gasteiger partial charge in [0.15, 0.2) is 5.78 Å². The molecule has 0 radical (unpaired) electrons. The molecule has 4 heterocycles. The Bertz CT molecular complexity index is 568. The van der Waals surface area contributed by atoms with Crippen molar-refractivity contribution in [2.45, 2.75) is 32.9 Å². The van der Waals surface area contributed by atoms with Crippen molar-refractivity contribution in [2.24, 2.45) is 10.8 Å². The monoisotopic (exact) mass is 302 g/mol. The van der Waals surface area contributed by atoms with Gasteiger partial charge < -0.3 is 5.11 Å². The van der Waals surface area contributed by atoms with Crippen LogP contribution in [0.5, 0.6) is 5.75 Å². The fourth-order valence-electron chi connectivity index (χ4n) is 5.53. The second kappa shape index (κ2) is 4.56. The zero-order valence-electron chi connectivity index (χ0n) is 13.5. The molecule has 4 heteroatoms. The number of phenolic OH excluding ortho intramolecular Hbond substituents is 1. The predicted octanol–water partition coefficient (Wildman–Crippen LogP) is -0.437. The Morgan fingerprint density at radius 1 is 1.00 bits per heavy atom. The smallest absolute Gasteiger partial charge is 0.240 e. The van der Waals surface area contributed by atoms with E-state index in [1.807, 2.05) is 0 Å². The molecule has 0 spiro atoms. The molecule has 3 N–H and O–H groups in total. The van der Waals surface area contributed by atoms with Crippen molar-refractivity contribution in [2.75, 3.05) is 26.2 Å². The Kier molecular flexibility index (Phi) is 2.94. The number of carbonyl (C=O) groups excluding carboxylic acids is 1. The van der Waals surface area contributed by atoms with Crippen LogP contribution in [0.25, 0.3) is 0 Å². The van der Waals surface area contributed by atoms with Crippen molar-refractivity contribution in [3.8, 4) is 5.75 Å². The highest BCUT2D eigenvalue weighted by atomic mass is 16.3. The number of Topliss-reactive ketones (excluding diaryl/α,β-unsaturated/α-hetero) is 1. The van der Waals surface area contributed by atoms with Crippen LogP contribution < -0.4 is 9.80 Å². The van der Waals surface area contributed by atoms with Crippen molar-refractivity contribution in [3.05, 3.63) is 29.8 Å². The molecule has 4 aliphatic heterocycles. The van der Waals surface area contributed by atoms with Crippen LogP contribution in [0, 0.1) is 10.8 Å². The molecule has 22 heavy (non-hydrogen) atoms. The topological polar surface area (TPSA) is 46.2 Å². The normalized spacial score (nSPS) is 42.8. The van der Waals surface area contributed by atoms with E-state index in [0.29, 0.717) is 17.7 Å². The van der Waals surface area contributed by atoms with Crippen LogP contribution in [-0.4, -0.2) is 37.1 Å². The summed E-state index contributed by atoms with van der Waals surface area (Å²) in [4.78, 5) is 16.2. The van der Waals surface area contributed by atoms with E-state index in [2.05, 4.69) is 26.0 Å². The lowest BCUT2D eigenvalue weighted by atomic mass is 9.58. The first-order valence-corrected chi connectivity index (χ1v) is 8.56. The second-order valence-electron chi connectivity index (χ2n) is 7.65. The van der Waals surface area contributed by atoms with Gasteiger partial charge in [-0.1, -0.05) is 13.8 Å². The Hall–Kier alpha value is -1.39. The lowest BCUT2D eigenvalue weighted by molar-refractivity contribution is -1.18. The fourth-order valence-corrected chi connectivity index (χ4v) is 5.53. The molecule has 5 rings (SSSR count). The highest BCUT2D eigenvalue weighted by Gasteiger charge is 2.70. The van der Waals surface area contributed by atoms with Gasteiger partial charge in [-0.25, -0.2) is 0 Å². The van der Waals surface area contributed by atoms with Gasteiger partial charge >= 0.3 is 0 Å². The molecule has 4 nitrogen and oxygen atoms in total. The summed E-state index contributed by atoms with van der Waals surface area (Å²) >= 11 is 0. The third kappa shape index (κ3) is 1.68. The van der Waals surface area contributed by atoms with Gasteiger partial charge in [0.05, 0.1) is 5.56 Å². The molecule has 0 unspecified atom stereocenters. The highest BCUT2D eigenvalue weighted by molar-refractivity contribution is 5.92. The fraction of sp³-hybridized carbons (Fsp3) is 0.611. The van der Waals surface area contributed by atoms with E-state index in [1.54, 1.807) is 21.9 Å². The summed E-state index contributed by atoms with van der Waals surface area (Å²) in [6, 6.07) is 7.69. The van der Waals surface area contributed by atoms with Crippen molar-refractivity contribution >= 4 is 5.78 Å². The summed E-state index contributed by atoms with van der Waals surface area (Å²) in [5, 5.41) is 9.54. The number of carbonyl (C=O) groups is 1. The Balaban J connectivity index is 1.74. The zero-order valence-corrected chi connectivity index (χ0v) is 13.5. The molecule has 0 amide bonds. The molecule has 4 fully saturated rings. The van der Waals surface area contributed by atoms with Crippen LogP contribution >= 0.6 is 0 Å². The van der Waals surface area contributed by atoms with Crippen LogP contribution in [0.4, 0.5) is 0 Å². The summed E-state index contributed by atoms with van der Waals surface area (Å²) in [7, 11) is 0. The third-order valence-electron chi connectivity index (χ3n) is 6.62. The largest absolute Gasteiger partial charge is 0.508 e. The summed E-state index contributed by atoms with van der Waals surface area (Å²) in [6.07, 6.45) is 2.37. The van der Waals surface area contributed by atoms with Crippen molar-refractivity contribution in [1.29, 1.82) is 0 Å². The molecule has 4 saturated heterocycles. The number of quaternary nitrogens is 2. The molecule has 1 aromatic rings. The van der Waals surface area contributed by atoms with Crippen LogP contribution in [0.1, 0.15) is 38.4 Å². The lowest BCUT2D eigenvalue weighted by Gasteiger charge is -2.60. The molecule has 118 valence electrons. The van der Waals surface area contributed by atoms with Gasteiger partial charge in [0.2, 0.25) is 6.17 Å². The van der Waals surface area contributed by atoms with Crippen molar-refractivity contribution < 1.29 is 19.7 Å². The molecule has 0 aromatic heterocycles. The molecule has 4 bridgehead atoms. The average Bonchev–Trinajstić information content (AvgIpc) is 2.52. The van der Waals surface area contributed by atoms with Gasteiger partial charge in [0.1, 0.15) is 42.8 Å². The number of hydrogen-bond donors (Lipinski definition) is 3. The second-order valence-corrected chi connectivity index (χ2v) is 7.65. The molecule has 0 saturated carbocycles. The number of hydrogen-bond acceptors (Lipinski definition) is 2. The van der Waals surface area contributed by atoms with E-state index < -0.39 is 0 Å². The van der Waals surface area contributed by atoms with Gasteiger partial charge in [-0.15, -0.1) is 0 Å². The summed E-state index contributed by atoms with van der Waals surface area (Å²) in [5.41, 5.74) is 1.11. The van der Waals surface area contributed by atoms with E-state index in [4.69, 9.17) is 0 Å². The average molecular weight is 302 g/mol. The first kappa shape index (κ1) is 14.2. The SMILES string of the molecule is CCC12C[NH+]3CC(CC)(C[NH+](C1)C3c1ccc(O)cc1)C2=O. The highest BCUT2D eigenvalue weighted by Crippen LogP contribution is 2.40. The maximum Gasteiger partial charge on any atom is 0.240 e. The Morgan fingerprint density at radius 3 is 1.86 bits per heavy atom. The third-order valence-corrected chi connectivity index (χ3v) is 6.62. The molecule has 4 aliphatic rings. The van der Waals surface area contributed by atoms with Gasteiger partial charge in [0.25, 0.3) is 0 Å². The maximum absolute atomic E-state index is 13.1. The van der Waals surface area contributed by atoms with Crippen molar-refractivity contribution in [3.63, 3.8) is 0 Å². The van der Waals surface area contributed by atoms with E-state index in [-0.39, 0.29) is 10.8 Å². The Morgan fingerprint density at radius 2 is 1.45 bits per heavy atom. The van der Waals surface area contributed by atoms with E-state index in [0.717, 1.165) is 39.0 Å². The number of phenols is 1. The number of aromatic hydroxyl groups is 1. The van der Waals surface area contributed by atoms with Crippen LogP contribution in [-0.2, 0) is 4.79 Å². The molecular formula is C18H26N2O2+2. The minimum absolute atomic E-state index is 0.0927. The minimum Gasteiger partial charge on any atom is -0.508 e. The van der Waals surface area contributed by atoms with E-state index >= 15 is 0 Å². The number of benzene rings is 1. The van der Waals surface area contributed by atoms with E-state index in [9.17, 15) is 9.90 Å². The van der Waals surface area contributed by atoms with Gasteiger partial charge in [-0.2, -0.15) is 0 Å². The number of piperidine rings is 2. The van der Waals surface area contributed by atoms with Gasteiger partial charge in [-0.3, -0.25) is 14.6 Å². The number of ketones is 1. The van der Waals surface area contributed by atoms with Gasteiger partial charge in [0, 0.05) is 0 Å². The quantitative estimate of drug-likeness (QED) is 0.709. The molecular weight excluding hydrogens is 276 g/mol. The predicted molar refractivity (Wildman–Crippen MR) is 82.7 cm³/mol. The molecule has 0 aliphatic carbocycles. The van der Waals surface area contributed by atoms with E-state index in [1.165, 1.54) is 5.56 Å². The maximum atomic E-state index is 13.1. The molecule has 0 atom stereocenters. The van der Waals surface area contributed by atoms with Crippen LogP contribution in [0.3, 0.4) is 0 Å². The lowest BCUT2D eigenvalue weighted by Crippen LogP contribution is -3.41. The first-order chi connectivity index (χ1) is 10.5. The Labute approximate surface area is 131 Å². The zero-order chi connectivity index (χ0) is 15.5. The summed E-state index contributed by atoms with van der Waals surface area (Å²) in [5.74, 6) is 0.884. The van der Waals surface area contributed by atoms with Crippen LogP contribution in [0.2, 0.25) is 0 Å².